The molecule has 1 atom stereocenters. The van der Waals surface area contributed by atoms with Crippen LogP contribution >= 0.6 is 0 Å². The molecule has 1 fully saturated rings. The molecule has 0 spiro atoms. The number of nitrogens with zero attached hydrogens (tertiary/aromatic N) is 3. The van der Waals surface area contributed by atoms with Gasteiger partial charge in [-0.05, 0) is 43.5 Å². The molecule has 0 saturated carbocycles. The van der Waals surface area contributed by atoms with E-state index in [4.69, 9.17) is 5.26 Å². The van der Waals surface area contributed by atoms with Crippen LogP contribution in [0.15, 0.2) is 29.3 Å². The van der Waals surface area contributed by atoms with Crippen molar-refractivity contribution in [2.75, 3.05) is 26.7 Å². The predicted molar refractivity (Wildman–Crippen MR) is 98.9 cm³/mol. The van der Waals surface area contributed by atoms with Gasteiger partial charge in [0.25, 0.3) is 0 Å². The molecule has 24 heavy (non-hydrogen) atoms. The van der Waals surface area contributed by atoms with Gasteiger partial charge >= 0.3 is 0 Å². The molecule has 0 aromatic heterocycles. The molecular weight excluding hydrogens is 298 g/mol. The Morgan fingerprint density at radius 3 is 2.75 bits per heavy atom. The Hall–Kier alpha value is -2.06. The van der Waals surface area contributed by atoms with E-state index in [0.717, 1.165) is 30.7 Å². The number of hydrogen-bond donors (Lipinski definition) is 2. The fourth-order valence-corrected chi connectivity index (χ4v) is 3.24. The van der Waals surface area contributed by atoms with Crippen LogP contribution in [0.5, 0.6) is 0 Å². The molecule has 1 unspecified atom stereocenters. The summed E-state index contributed by atoms with van der Waals surface area (Å²) in [5.74, 6) is 0.824. The highest BCUT2D eigenvalue weighted by molar-refractivity contribution is 5.79. The molecule has 5 nitrogen and oxygen atoms in total. The van der Waals surface area contributed by atoms with Crippen LogP contribution in [0.1, 0.15) is 43.7 Å². The number of nitriles is 1. The first-order valence-electron chi connectivity index (χ1n) is 8.94. The fraction of sp³-hybridized carbons (Fsp3) is 0.579. The number of nitrogens with one attached hydrogen (secondary N) is 2. The Morgan fingerprint density at radius 1 is 1.29 bits per heavy atom. The first-order chi connectivity index (χ1) is 11.8. The normalized spacial score (nSPS) is 18.9. The van der Waals surface area contributed by atoms with Crippen LogP contribution in [-0.4, -0.2) is 43.6 Å². The third kappa shape index (κ3) is 5.54. The third-order valence-corrected chi connectivity index (χ3v) is 4.68. The van der Waals surface area contributed by atoms with E-state index in [2.05, 4.69) is 33.5 Å². The standard InChI is InChI=1S/C19H29N5/c1-3-18-6-4-5-12-24(18)13-11-22-19(21-2)23-15-17-9-7-16(14-20)8-10-17/h7-10,18H,3-6,11-13,15H2,1-2H3,(H2,21,22,23). The van der Waals surface area contributed by atoms with Crippen LogP contribution in [-0.2, 0) is 6.54 Å². The molecule has 1 aromatic carbocycles. The molecule has 1 heterocycles. The summed E-state index contributed by atoms with van der Waals surface area (Å²) in [4.78, 5) is 6.88. The molecule has 1 aromatic rings. The second-order valence-electron chi connectivity index (χ2n) is 6.26. The third-order valence-electron chi connectivity index (χ3n) is 4.68. The number of hydrogen-bond acceptors (Lipinski definition) is 3. The minimum atomic E-state index is 0.688. The summed E-state index contributed by atoms with van der Waals surface area (Å²) in [6.07, 6.45) is 5.27. The van der Waals surface area contributed by atoms with Gasteiger partial charge in [-0.15, -0.1) is 0 Å². The van der Waals surface area contributed by atoms with Crippen molar-refractivity contribution in [2.45, 2.75) is 45.2 Å². The monoisotopic (exact) mass is 327 g/mol. The average Bonchev–Trinajstić information content (AvgIpc) is 2.65. The van der Waals surface area contributed by atoms with Crippen LogP contribution < -0.4 is 10.6 Å². The zero-order valence-electron chi connectivity index (χ0n) is 14.9. The second kappa shape index (κ2) is 9.94. The molecule has 0 bridgehead atoms. The van der Waals surface area contributed by atoms with E-state index in [0.29, 0.717) is 12.1 Å². The maximum absolute atomic E-state index is 8.83. The number of rotatable bonds is 6. The van der Waals surface area contributed by atoms with Crippen LogP contribution in [0.3, 0.4) is 0 Å². The molecule has 0 amide bonds. The first-order valence-corrected chi connectivity index (χ1v) is 8.94. The van der Waals surface area contributed by atoms with Crippen molar-refractivity contribution < 1.29 is 0 Å². The van der Waals surface area contributed by atoms with Gasteiger partial charge in [0.05, 0.1) is 11.6 Å². The molecule has 2 rings (SSSR count). The minimum Gasteiger partial charge on any atom is -0.355 e. The maximum Gasteiger partial charge on any atom is 0.191 e. The zero-order chi connectivity index (χ0) is 17.2. The van der Waals surface area contributed by atoms with E-state index in [1.807, 2.05) is 24.3 Å². The van der Waals surface area contributed by atoms with Crippen molar-refractivity contribution in [3.63, 3.8) is 0 Å². The van der Waals surface area contributed by atoms with E-state index in [9.17, 15) is 0 Å². The molecule has 1 aliphatic heterocycles. The molecule has 130 valence electrons. The lowest BCUT2D eigenvalue weighted by atomic mass is 10.0. The fourth-order valence-electron chi connectivity index (χ4n) is 3.24. The van der Waals surface area contributed by atoms with Gasteiger partial charge in [0.1, 0.15) is 0 Å². The highest BCUT2D eigenvalue weighted by atomic mass is 15.2. The van der Waals surface area contributed by atoms with Crippen molar-refractivity contribution in [2.24, 2.45) is 4.99 Å². The van der Waals surface area contributed by atoms with Gasteiger partial charge in [0.15, 0.2) is 5.96 Å². The summed E-state index contributed by atoms with van der Waals surface area (Å²) in [6, 6.07) is 10.5. The molecule has 1 saturated heterocycles. The summed E-state index contributed by atoms with van der Waals surface area (Å²) >= 11 is 0. The Labute approximate surface area is 145 Å². The van der Waals surface area contributed by atoms with Crippen molar-refractivity contribution >= 4 is 5.96 Å². The van der Waals surface area contributed by atoms with Crippen LogP contribution in [0.25, 0.3) is 0 Å². The van der Waals surface area contributed by atoms with Crippen molar-refractivity contribution in [1.29, 1.82) is 5.26 Å². The summed E-state index contributed by atoms with van der Waals surface area (Å²) in [6.45, 7) is 6.18. The average molecular weight is 327 g/mol. The van der Waals surface area contributed by atoms with E-state index < -0.39 is 0 Å². The summed E-state index contributed by atoms with van der Waals surface area (Å²) in [5, 5.41) is 15.5. The largest absolute Gasteiger partial charge is 0.355 e. The SMILES string of the molecule is CCC1CCCCN1CCNC(=NC)NCc1ccc(C#N)cc1. The van der Waals surface area contributed by atoms with Crippen LogP contribution in [0.4, 0.5) is 0 Å². The van der Waals surface area contributed by atoms with Crippen molar-refractivity contribution in [3.05, 3.63) is 35.4 Å². The Bertz CT molecular complexity index is 558. The number of guanidine groups is 1. The number of aliphatic imine (C=N–C) groups is 1. The summed E-state index contributed by atoms with van der Waals surface area (Å²) < 4.78 is 0. The van der Waals surface area contributed by atoms with E-state index >= 15 is 0 Å². The summed E-state index contributed by atoms with van der Waals surface area (Å²) in [7, 11) is 1.80. The molecular formula is C19H29N5. The lowest BCUT2D eigenvalue weighted by Crippen LogP contribution is -2.45. The number of piperidine rings is 1. The van der Waals surface area contributed by atoms with Crippen molar-refractivity contribution in [1.82, 2.24) is 15.5 Å². The quantitative estimate of drug-likeness (QED) is 0.622. The highest BCUT2D eigenvalue weighted by Gasteiger charge is 2.19. The Balaban J connectivity index is 1.73. The zero-order valence-corrected chi connectivity index (χ0v) is 14.9. The molecule has 0 aliphatic carbocycles. The predicted octanol–water partition coefficient (Wildman–Crippen LogP) is 2.49. The van der Waals surface area contributed by atoms with Gasteiger partial charge < -0.3 is 10.6 Å². The second-order valence-corrected chi connectivity index (χ2v) is 6.26. The van der Waals surface area contributed by atoms with E-state index in [-0.39, 0.29) is 0 Å². The molecule has 2 N–H and O–H groups in total. The molecule has 1 aliphatic rings. The van der Waals surface area contributed by atoms with Gasteiger partial charge in [0.2, 0.25) is 0 Å². The number of likely N-dealkylation sites (tertiary alicyclic amines) is 1. The Morgan fingerprint density at radius 2 is 2.08 bits per heavy atom. The van der Waals surface area contributed by atoms with E-state index in [1.54, 1.807) is 7.05 Å². The van der Waals surface area contributed by atoms with Gasteiger partial charge in [-0.1, -0.05) is 25.5 Å². The van der Waals surface area contributed by atoms with Gasteiger partial charge in [0, 0.05) is 32.7 Å². The van der Waals surface area contributed by atoms with E-state index in [1.165, 1.54) is 32.2 Å². The highest BCUT2D eigenvalue weighted by Crippen LogP contribution is 2.18. The van der Waals surface area contributed by atoms with Crippen LogP contribution in [0, 0.1) is 11.3 Å². The smallest absolute Gasteiger partial charge is 0.191 e. The van der Waals surface area contributed by atoms with Gasteiger partial charge in [-0.25, -0.2) is 0 Å². The summed E-state index contributed by atoms with van der Waals surface area (Å²) in [5.41, 5.74) is 1.83. The maximum atomic E-state index is 8.83. The first kappa shape index (κ1) is 18.3. The van der Waals surface area contributed by atoms with Gasteiger partial charge in [-0.3, -0.25) is 9.89 Å². The lowest BCUT2D eigenvalue weighted by molar-refractivity contribution is 0.147. The van der Waals surface area contributed by atoms with Gasteiger partial charge in [-0.2, -0.15) is 5.26 Å². The topological polar surface area (TPSA) is 63.4 Å². The minimum absolute atomic E-state index is 0.688. The Kier molecular flexibility index (Phi) is 7.57. The number of benzene rings is 1. The molecule has 0 radical (unpaired) electrons. The van der Waals surface area contributed by atoms with Crippen LogP contribution in [0.2, 0.25) is 0 Å². The lowest BCUT2D eigenvalue weighted by Gasteiger charge is -2.35. The molecule has 5 heteroatoms. The van der Waals surface area contributed by atoms with Crippen molar-refractivity contribution in [3.8, 4) is 6.07 Å².